The van der Waals surface area contributed by atoms with Gasteiger partial charge in [-0.3, -0.25) is 14.9 Å². The summed E-state index contributed by atoms with van der Waals surface area (Å²) in [4.78, 5) is 24.9. The lowest BCUT2D eigenvalue weighted by Gasteiger charge is -2.27. The fraction of sp³-hybridized carbons (Fsp3) is 0.500. The minimum Gasteiger partial charge on any atom is -0.336 e. The minimum atomic E-state index is -0.485. The van der Waals surface area contributed by atoms with Gasteiger partial charge in [-0.05, 0) is 54.6 Å². The molecule has 1 aromatic carbocycles. The van der Waals surface area contributed by atoms with E-state index in [4.69, 9.17) is 0 Å². The van der Waals surface area contributed by atoms with Crippen LogP contribution < -0.4 is 0 Å². The maximum Gasteiger partial charge on any atom is 0.284 e. The molecule has 0 N–H and O–H groups in total. The van der Waals surface area contributed by atoms with Gasteiger partial charge in [0.05, 0.1) is 10.5 Å². The summed E-state index contributed by atoms with van der Waals surface area (Å²) in [6.07, 6.45) is 2.32. The molecule has 1 aliphatic carbocycles. The molecule has 0 unspecified atom stereocenters. The van der Waals surface area contributed by atoms with Crippen LogP contribution in [-0.2, 0) is 0 Å². The van der Waals surface area contributed by atoms with E-state index in [-0.39, 0.29) is 22.1 Å². The zero-order chi connectivity index (χ0) is 14.9. The summed E-state index contributed by atoms with van der Waals surface area (Å²) in [7, 11) is 0. The molecule has 6 heteroatoms. The quantitative estimate of drug-likeness (QED) is 0.607. The van der Waals surface area contributed by atoms with Crippen LogP contribution in [0.4, 0.5) is 5.69 Å². The molecule has 1 saturated carbocycles. The highest BCUT2D eigenvalue weighted by atomic mass is 79.9. The first kappa shape index (κ1) is 15.0. The van der Waals surface area contributed by atoms with Gasteiger partial charge >= 0.3 is 0 Å². The van der Waals surface area contributed by atoms with E-state index in [0.717, 1.165) is 19.4 Å². The molecule has 1 aliphatic rings. The lowest BCUT2D eigenvalue weighted by Crippen LogP contribution is -2.38. The topological polar surface area (TPSA) is 63.5 Å². The standard InChI is InChI=1S/C14H17BrN2O3/c1-9(2)16(8-10-6-7-10)14(18)11-4-3-5-12(13(11)15)17(19)20/h3-5,9-10H,6-8H2,1-2H3. The van der Waals surface area contributed by atoms with E-state index in [1.807, 2.05) is 13.8 Å². The number of nitrogens with zero attached hydrogens (tertiary/aromatic N) is 2. The van der Waals surface area contributed by atoms with Gasteiger partial charge < -0.3 is 4.90 Å². The highest BCUT2D eigenvalue weighted by molar-refractivity contribution is 9.10. The third kappa shape index (κ3) is 3.17. The Balaban J connectivity index is 2.30. The fourth-order valence-corrected chi connectivity index (χ4v) is 2.67. The highest BCUT2D eigenvalue weighted by Gasteiger charge is 2.30. The van der Waals surface area contributed by atoms with Gasteiger partial charge in [-0.15, -0.1) is 0 Å². The normalized spacial score (nSPS) is 14.4. The van der Waals surface area contributed by atoms with Crippen molar-refractivity contribution in [3.8, 4) is 0 Å². The lowest BCUT2D eigenvalue weighted by atomic mass is 10.1. The second-order valence-electron chi connectivity index (χ2n) is 5.39. The van der Waals surface area contributed by atoms with Crippen LogP contribution in [0.2, 0.25) is 0 Å². The van der Waals surface area contributed by atoms with Gasteiger partial charge in [-0.2, -0.15) is 0 Å². The van der Waals surface area contributed by atoms with Crippen LogP contribution in [0, 0.1) is 16.0 Å². The fourth-order valence-electron chi connectivity index (χ4n) is 2.09. The Bertz CT molecular complexity index is 541. The number of hydrogen-bond acceptors (Lipinski definition) is 3. The van der Waals surface area contributed by atoms with Crippen LogP contribution in [0.15, 0.2) is 22.7 Å². The molecule has 0 radical (unpaired) electrons. The van der Waals surface area contributed by atoms with E-state index < -0.39 is 4.92 Å². The van der Waals surface area contributed by atoms with Gasteiger partial charge in [-0.1, -0.05) is 6.07 Å². The van der Waals surface area contributed by atoms with Crippen LogP contribution in [0.1, 0.15) is 37.0 Å². The summed E-state index contributed by atoms with van der Waals surface area (Å²) in [5, 5.41) is 10.9. The Morgan fingerprint density at radius 2 is 2.15 bits per heavy atom. The predicted octanol–water partition coefficient (Wildman–Crippen LogP) is 3.62. The largest absolute Gasteiger partial charge is 0.336 e. The van der Waals surface area contributed by atoms with Crippen molar-refractivity contribution < 1.29 is 9.72 Å². The maximum absolute atomic E-state index is 12.6. The first-order valence-corrected chi connectivity index (χ1v) is 7.45. The smallest absolute Gasteiger partial charge is 0.284 e. The molecule has 0 saturated heterocycles. The Labute approximate surface area is 126 Å². The molecule has 0 aromatic heterocycles. The van der Waals surface area contributed by atoms with E-state index in [1.165, 1.54) is 6.07 Å². The van der Waals surface area contributed by atoms with Gasteiger partial charge in [0.2, 0.25) is 0 Å². The number of benzene rings is 1. The second kappa shape index (κ2) is 5.91. The summed E-state index contributed by atoms with van der Waals surface area (Å²) in [6, 6.07) is 4.64. The van der Waals surface area contributed by atoms with Gasteiger partial charge in [0, 0.05) is 18.7 Å². The van der Waals surface area contributed by atoms with E-state index in [9.17, 15) is 14.9 Å². The number of carbonyl (C=O) groups excluding carboxylic acids is 1. The molecule has 5 nitrogen and oxygen atoms in total. The number of nitro groups is 1. The van der Waals surface area contributed by atoms with E-state index in [2.05, 4.69) is 15.9 Å². The number of amides is 1. The van der Waals surface area contributed by atoms with E-state index in [0.29, 0.717) is 11.5 Å². The molecule has 2 rings (SSSR count). The molecule has 1 aromatic rings. The Kier molecular flexibility index (Phi) is 4.42. The molecule has 0 aliphatic heterocycles. The zero-order valence-corrected chi connectivity index (χ0v) is 13.1. The SMILES string of the molecule is CC(C)N(CC1CC1)C(=O)c1cccc([N+](=O)[O-])c1Br. The molecule has 0 atom stereocenters. The molecule has 0 bridgehead atoms. The summed E-state index contributed by atoms with van der Waals surface area (Å²) in [6.45, 7) is 4.66. The summed E-state index contributed by atoms with van der Waals surface area (Å²) < 4.78 is 0.261. The van der Waals surface area contributed by atoms with Gasteiger partial charge in [0.15, 0.2) is 0 Å². The Hall–Kier alpha value is -1.43. The number of nitro benzene ring substituents is 1. The number of rotatable bonds is 5. The molecule has 1 amide bonds. The van der Waals surface area contributed by atoms with Crippen LogP contribution in [0.3, 0.4) is 0 Å². The van der Waals surface area contributed by atoms with Crippen molar-refractivity contribution in [2.75, 3.05) is 6.54 Å². The first-order chi connectivity index (χ1) is 9.41. The second-order valence-corrected chi connectivity index (χ2v) is 6.18. The van der Waals surface area contributed by atoms with Crippen molar-refractivity contribution in [2.45, 2.75) is 32.7 Å². The zero-order valence-electron chi connectivity index (χ0n) is 11.5. The monoisotopic (exact) mass is 340 g/mol. The highest BCUT2D eigenvalue weighted by Crippen LogP contribution is 2.33. The molecule has 108 valence electrons. The van der Waals surface area contributed by atoms with Crippen molar-refractivity contribution >= 4 is 27.5 Å². The van der Waals surface area contributed by atoms with Gasteiger partial charge in [0.25, 0.3) is 11.6 Å². The number of carbonyl (C=O) groups is 1. The summed E-state index contributed by atoms with van der Waals surface area (Å²) in [5.74, 6) is 0.432. The summed E-state index contributed by atoms with van der Waals surface area (Å²) in [5.41, 5.74) is 0.277. The van der Waals surface area contributed by atoms with Crippen molar-refractivity contribution in [1.29, 1.82) is 0 Å². The van der Waals surface area contributed by atoms with Crippen LogP contribution >= 0.6 is 15.9 Å². The lowest BCUT2D eigenvalue weighted by molar-refractivity contribution is -0.385. The van der Waals surface area contributed by atoms with Crippen molar-refractivity contribution in [2.24, 2.45) is 5.92 Å². The first-order valence-electron chi connectivity index (χ1n) is 6.65. The summed E-state index contributed by atoms with van der Waals surface area (Å²) >= 11 is 3.19. The van der Waals surface area contributed by atoms with Crippen LogP contribution in [0.5, 0.6) is 0 Å². The predicted molar refractivity (Wildman–Crippen MR) is 79.7 cm³/mol. The average molecular weight is 341 g/mol. The maximum atomic E-state index is 12.6. The van der Waals surface area contributed by atoms with E-state index >= 15 is 0 Å². The minimum absolute atomic E-state index is 0.0778. The number of hydrogen-bond donors (Lipinski definition) is 0. The average Bonchev–Trinajstić information content (AvgIpc) is 3.18. The molecule has 0 heterocycles. The van der Waals surface area contributed by atoms with Gasteiger partial charge in [0.1, 0.15) is 4.47 Å². The Morgan fingerprint density at radius 1 is 1.50 bits per heavy atom. The van der Waals surface area contributed by atoms with Crippen molar-refractivity contribution in [3.05, 3.63) is 38.3 Å². The van der Waals surface area contributed by atoms with Crippen molar-refractivity contribution in [3.63, 3.8) is 0 Å². The van der Waals surface area contributed by atoms with Crippen LogP contribution in [-0.4, -0.2) is 28.3 Å². The molecular weight excluding hydrogens is 324 g/mol. The van der Waals surface area contributed by atoms with E-state index in [1.54, 1.807) is 17.0 Å². The van der Waals surface area contributed by atoms with Crippen LogP contribution in [0.25, 0.3) is 0 Å². The van der Waals surface area contributed by atoms with Crippen molar-refractivity contribution in [1.82, 2.24) is 4.90 Å². The Morgan fingerprint density at radius 3 is 2.65 bits per heavy atom. The molecular formula is C14H17BrN2O3. The molecule has 0 spiro atoms. The third-order valence-corrected chi connectivity index (χ3v) is 4.27. The number of halogens is 1. The van der Waals surface area contributed by atoms with Gasteiger partial charge in [-0.25, -0.2) is 0 Å². The molecule has 20 heavy (non-hydrogen) atoms. The molecule has 1 fully saturated rings. The third-order valence-electron chi connectivity index (χ3n) is 3.44.